The number of imidazole rings is 1. The highest BCUT2D eigenvalue weighted by Crippen LogP contribution is 2.37. The van der Waals surface area contributed by atoms with Crippen LogP contribution in [0.2, 0.25) is 0 Å². The number of nitrogens with two attached hydrogens (primary N) is 1. The number of hydrogen-bond acceptors (Lipinski definition) is 7. The Kier molecular flexibility index (Phi) is 5.67. The molecular weight excluding hydrogens is 493 g/mol. The number of piperidine rings is 1. The zero-order chi connectivity index (χ0) is 26.6. The van der Waals surface area contributed by atoms with Gasteiger partial charge in [0.25, 0.3) is 0 Å². The van der Waals surface area contributed by atoms with Crippen molar-refractivity contribution in [3.05, 3.63) is 78.2 Å². The van der Waals surface area contributed by atoms with Crippen molar-refractivity contribution in [3.8, 4) is 22.9 Å². The minimum absolute atomic E-state index is 0.129. The van der Waals surface area contributed by atoms with E-state index in [4.69, 9.17) is 15.7 Å². The van der Waals surface area contributed by atoms with Crippen molar-refractivity contribution in [2.45, 2.75) is 43.9 Å². The molecule has 2 aliphatic rings. The molecule has 0 spiro atoms. The number of nitrogen functional groups attached to an aromatic ring is 1. The van der Waals surface area contributed by atoms with Crippen LogP contribution in [0.15, 0.2) is 67.1 Å². The number of halogens is 1. The van der Waals surface area contributed by atoms with E-state index in [0.29, 0.717) is 29.7 Å². The van der Waals surface area contributed by atoms with Gasteiger partial charge in [-0.2, -0.15) is 5.10 Å². The fourth-order valence-corrected chi connectivity index (χ4v) is 5.93. The summed E-state index contributed by atoms with van der Waals surface area (Å²) in [6.07, 6.45) is 7.89. The van der Waals surface area contributed by atoms with Crippen molar-refractivity contribution in [2.75, 3.05) is 18.8 Å². The van der Waals surface area contributed by atoms with Crippen LogP contribution < -0.4 is 16.4 Å². The molecule has 198 valence electrons. The highest BCUT2D eigenvalue weighted by molar-refractivity contribution is 5.83. The van der Waals surface area contributed by atoms with Gasteiger partial charge < -0.3 is 16.4 Å². The van der Waals surface area contributed by atoms with Crippen LogP contribution in [-0.2, 0) is 6.42 Å². The van der Waals surface area contributed by atoms with Crippen molar-refractivity contribution in [2.24, 2.45) is 0 Å². The third-order valence-corrected chi connectivity index (χ3v) is 7.98. The molecule has 0 saturated carbocycles. The van der Waals surface area contributed by atoms with Crippen molar-refractivity contribution < 1.29 is 4.39 Å². The van der Waals surface area contributed by atoms with Gasteiger partial charge in [0.15, 0.2) is 17.3 Å². The Bertz CT molecular complexity index is 1660. The van der Waals surface area contributed by atoms with Gasteiger partial charge in [-0.05, 0) is 86.3 Å². The lowest BCUT2D eigenvalue weighted by atomic mass is 9.91. The van der Waals surface area contributed by atoms with Crippen LogP contribution in [0, 0.1) is 0 Å². The second kappa shape index (κ2) is 9.25. The Morgan fingerprint density at radius 1 is 1.10 bits per heavy atom. The molecule has 7 rings (SSSR count). The van der Waals surface area contributed by atoms with Gasteiger partial charge in [0, 0.05) is 42.9 Å². The van der Waals surface area contributed by atoms with E-state index in [1.807, 2.05) is 41.1 Å². The first kappa shape index (κ1) is 23.9. The number of anilines is 1. The van der Waals surface area contributed by atoms with Crippen LogP contribution in [-0.4, -0.2) is 54.1 Å². The standard InChI is InChI=1S/C29H30FN9/c1-29(30)17-32-14-11-24(29)35-22-8-5-18-16-19(6-7-20(18)22)39-27(21-4-2-12-33-26(21)31)36-23-9-10-25(37-28(23)39)38-15-3-13-34-38/h2-4,6-7,9-10,12-13,15-16,22,24,32,35H,5,8,11,14,17H2,1H3,(H2,31,33)/t22-,24?,29?/m0/s1. The summed E-state index contributed by atoms with van der Waals surface area (Å²) in [6.45, 7) is 2.90. The number of alkyl halides is 1. The zero-order valence-corrected chi connectivity index (χ0v) is 21.7. The number of fused-ring (bicyclic) bond motifs is 2. The zero-order valence-electron chi connectivity index (χ0n) is 21.7. The molecule has 3 atom stereocenters. The molecular formula is C29H30FN9. The SMILES string of the molecule is CC1(F)CNCCC1N[C@H]1CCc2cc(-n3c(-c4cccnc4N)nc4ccc(-n5cccn5)nc43)ccc21. The second-order valence-electron chi connectivity index (χ2n) is 10.6. The Hall–Kier alpha value is -4.15. The topological polar surface area (TPSA) is 112 Å². The number of pyridine rings is 2. The number of benzene rings is 1. The lowest BCUT2D eigenvalue weighted by molar-refractivity contribution is 0.0887. The van der Waals surface area contributed by atoms with E-state index in [1.54, 1.807) is 24.0 Å². The minimum Gasteiger partial charge on any atom is -0.383 e. The van der Waals surface area contributed by atoms with Gasteiger partial charge in [0.05, 0.1) is 5.56 Å². The summed E-state index contributed by atoms with van der Waals surface area (Å²) < 4.78 is 18.9. The normalized spacial score (nSPS) is 22.8. The molecule has 1 aromatic carbocycles. The van der Waals surface area contributed by atoms with Crippen molar-refractivity contribution >= 4 is 17.0 Å². The highest BCUT2D eigenvalue weighted by Gasteiger charge is 2.39. The number of hydrogen-bond donors (Lipinski definition) is 3. The van der Waals surface area contributed by atoms with E-state index in [-0.39, 0.29) is 12.1 Å². The summed E-state index contributed by atoms with van der Waals surface area (Å²) in [7, 11) is 0. The predicted molar refractivity (Wildman–Crippen MR) is 149 cm³/mol. The molecule has 1 fully saturated rings. The van der Waals surface area contributed by atoms with Gasteiger partial charge >= 0.3 is 0 Å². The van der Waals surface area contributed by atoms with E-state index in [2.05, 4.69) is 38.9 Å². The van der Waals surface area contributed by atoms with E-state index in [0.717, 1.165) is 42.6 Å². The number of aromatic nitrogens is 6. The molecule has 0 amide bonds. The molecule has 2 unspecified atom stereocenters. The van der Waals surface area contributed by atoms with Gasteiger partial charge in [-0.3, -0.25) is 4.57 Å². The van der Waals surface area contributed by atoms with Crippen LogP contribution in [0.1, 0.15) is 36.9 Å². The van der Waals surface area contributed by atoms with Gasteiger partial charge in [-0.15, -0.1) is 0 Å². The Morgan fingerprint density at radius 3 is 2.85 bits per heavy atom. The summed E-state index contributed by atoms with van der Waals surface area (Å²) in [6, 6.07) is 15.9. The Balaban J connectivity index is 1.32. The maximum absolute atomic E-state index is 15.2. The molecule has 5 heterocycles. The molecule has 0 bridgehead atoms. The molecule has 1 aliphatic carbocycles. The Labute approximate surface area is 225 Å². The maximum Gasteiger partial charge on any atom is 0.167 e. The number of nitrogens with one attached hydrogen (secondary N) is 2. The number of nitrogens with zero attached hydrogens (tertiary/aromatic N) is 6. The summed E-state index contributed by atoms with van der Waals surface area (Å²) in [5.41, 5.74) is 10.6. The first-order valence-corrected chi connectivity index (χ1v) is 13.4. The van der Waals surface area contributed by atoms with Crippen molar-refractivity contribution in [3.63, 3.8) is 0 Å². The summed E-state index contributed by atoms with van der Waals surface area (Å²) >= 11 is 0. The predicted octanol–water partition coefficient (Wildman–Crippen LogP) is 3.92. The third kappa shape index (κ3) is 4.16. The highest BCUT2D eigenvalue weighted by atomic mass is 19.1. The average Bonchev–Trinajstić information content (AvgIpc) is 3.68. The third-order valence-electron chi connectivity index (χ3n) is 7.98. The van der Waals surface area contributed by atoms with Gasteiger partial charge in [-0.25, -0.2) is 24.0 Å². The summed E-state index contributed by atoms with van der Waals surface area (Å²) in [4.78, 5) is 14.2. The van der Waals surface area contributed by atoms with Crippen molar-refractivity contribution in [1.29, 1.82) is 0 Å². The monoisotopic (exact) mass is 523 g/mol. The fraction of sp³-hybridized carbons (Fsp3) is 0.310. The van der Waals surface area contributed by atoms with E-state index >= 15 is 4.39 Å². The molecule has 0 radical (unpaired) electrons. The first-order chi connectivity index (χ1) is 19.0. The van der Waals surface area contributed by atoms with Crippen LogP contribution >= 0.6 is 0 Å². The van der Waals surface area contributed by atoms with Crippen LogP contribution in [0.5, 0.6) is 0 Å². The van der Waals surface area contributed by atoms with Crippen LogP contribution in [0.25, 0.3) is 34.1 Å². The molecule has 39 heavy (non-hydrogen) atoms. The molecule has 4 N–H and O–H groups in total. The first-order valence-electron chi connectivity index (χ1n) is 13.4. The summed E-state index contributed by atoms with van der Waals surface area (Å²) in [5.74, 6) is 1.78. The smallest absolute Gasteiger partial charge is 0.167 e. The minimum atomic E-state index is -1.27. The molecule has 10 heteroatoms. The Morgan fingerprint density at radius 2 is 2.03 bits per heavy atom. The van der Waals surface area contributed by atoms with Gasteiger partial charge in [-0.1, -0.05) is 6.07 Å². The number of aryl methyl sites for hydroxylation is 1. The quantitative estimate of drug-likeness (QED) is 0.320. The number of rotatable bonds is 5. The van der Waals surface area contributed by atoms with E-state index < -0.39 is 5.67 Å². The van der Waals surface area contributed by atoms with E-state index in [9.17, 15) is 0 Å². The molecule has 9 nitrogen and oxygen atoms in total. The van der Waals surface area contributed by atoms with Crippen molar-refractivity contribution in [1.82, 2.24) is 39.9 Å². The second-order valence-corrected chi connectivity index (χ2v) is 10.6. The largest absolute Gasteiger partial charge is 0.383 e. The molecule has 1 aliphatic heterocycles. The van der Waals surface area contributed by atoms with Crippen LogP contribution in [0.3, 0.4) is 0 Å². The van der Waals surface area contributed by atoms with Gasteiger partial charge in [0.1, 0.15) is 17.0 Å². The molecule has 5 aromatic rings. The summed E-state index contributed by atoms with van der Waals surface area (Å²) in [5, 5.41) is 11.2. The molecule has 1 saturated heterocycles. The van der Waals surface area contributed by atoms with Gasteiger partial charge in [0.2, 0.25) is 0 Å². The lowest BCUT2D eigenvalue weighted by Gasteiger charge is -2.37. The maximum atomic E-state index is 15.2. The van der Waals surface area contributed by atoms with E-state index in [1.165, 1.54) is 11.1 Å². The van der Waals surface area contributed by atoms with Crippen LogP contribution in [0.4, 0.5) is 10.2 Å². The lowest BCUT2D eigenvalue weighted by Crippen LogP contribution is -2.57. The average molecular weight is 524 g/mol. The molecule has 4 aromatic heterocycles. The fourth-order valence-electron chi connectivity index (χ4n) is 5.93.